The van der Waals surface area contributed by atoms with E-state index in [0.29, 0.717) is 15.8 Å². The van der Waals surface area contributed by atoms with Crippen molar-refractivity contribution in [1.82, 2.24) is 4.98 Å². The average molecular weight is 290 g/mol. The fraction of sp³-hybridized carbons (Fsp3) is 0. The molecule has 2 aromatic rings. The van der Waals surface area contributed by atoms with Gasteiger partial charge in [0.2, 0.25) is 0 Å². The van der Waals surface area contributed by atoms with Crippen molar-refractivity contribution in [3.8, 4) is 5.75 Å². The molecule has 7 heteroatoms. The van der Waals surface area contributed by atoms with Crippen LogP contribution >= 0.6 is 11.3 Å². The third kappa shape index (κ3) is 4.21. The zero-order valence-electron chi connectivity index (χ0n) is 10.1. The highest BCUT2D eigenvalue weighted by molar-refractivity contribution is 7.16. The largest absolute Gasteiger partial charge is 0.478 e. The van der Waals surface area contributed by atoms with E-state index < -0.39 is 12.1 Å². The SMILES string of the molecule is O=C(O)C=Cc1cnc(NC(=O)Oc2ccccc2)s1. The molecule has 2 N–H and O–H groups in total. The van der Waals surface area contributed by atoms with Gasteiger partial charge in [0.25, 0.3) is 0 Å². The average Bonchev–Trinajstić information content (AvgIpc) is 2.85. The molecule has 0 saturated heterocycles. The van der Waals surface area contributed by atoms with Crippen LogP contribution in [0.25, 0.3) is 6.08 Å². The molecule has 1 heterocycles. The smallest absolute Gasteiger partial charge is 0.418 e. The van der Waals surface area contributed by atoms with Crippen molar-refractivity contribution in [3.63, 3.8) is 0 Å². The van der Waals surface area contributed by atoms with Gasteiger partial charge < -0.3 is 9.84 Å². The number of benzene rings is 1. The van der Waals surface area contributed by atoms with E-state index in [1.807, 2.05) is 6.07 Å². The van der Waals surface area contributed by atoms with E-state index in [9.17, 15) is 9.59 Å². The number of aliphatic carboxylic acids is 1. The lowest BCUT2D eigenvalue weighted by Crippen LogP contribution is -2.16. The van der Waals surface area contributed by atoms with E-state index in [2.05, 4.69) is 10.3 Å². The van der Waals surface area contributed by atoms with Gasteiger partial charge in [-0.15, -0.1) is 0 Å². The van der Waals surface area contributed by atoms with Gasteiger partial charge in [-0.3, -0.25) is 5.32 Å². The highest BCUT2D eigenvalue weighted by Crippen LogP contribution is 2.20. The van der Waals surface area contributed by atoms with Crippen LogP contribution in [-0.2, 0) is 4.79 Å². The van der Waals surface area contributed by atoms with Crippen LogP contribution in [0.15, 0.2) is 42.6 Å². The Labute approximate surface area is 118 Å². The normalized spacial score (nSPS) is 10.4. The lowest BCUT2D eigenvalue weighted by Gasteiger charge is -2.03. The van der Waals surface area contributed by atoms with Gasteiger partial charge in [0.1, 0.15) is 5.75 Å². The van der Waals surface area contributed by atoms with Crippen molar-refractivity contribution in [2.24, 2.45) is 0 Å². The number of anilines is 1. The van der Waals surface area contributed by atoms with E-state index in [1.165, 1.54) is 12.3 Å². The van der Waals surface area contributed by atoms with Crippen LogP contribution in [0.2, 0.25) is 0 Å². The highest BCUT2D eigenvalue weighted by atomic mass is 32.1. The summed E-state index contributed by atoms with van der Waals surface area (Å²) in [6.07, 6.45) is 3.20. The Morgan fingerprint density at radius 2 is 2.05 bits per heavy atom. The van der Waals surface area contributed by atoms with Gasteiger partial charge in [0.05, 0.1) is 0 Å². The topological polar surface area (TPSA) is 88.5 Å². The first-order valence-electron chi connectivity index (χ1n) is 5.54. The van der Waals surface area contributed by atoms with Gasteiger partial charge in [-0.25, -0.2) is 14.6 Å². The monoisotopic (exact) mass is 290 g/mol. The minimum atomic E-state index is -1.05. The van der Waals surface area contributed by atoms with E-state index >= 15 is 0 Å². The minimum Gasteiger partial charge on any atom is -0.478 e. The number of aromatic nitrogens is 1. The number of rotatable bonds is 4. The minimum absolute atomic E-state index is 0.330. The predicted molar refractivity (Wildman–Crippen MR) is 74.9 cm³/mol. The summed E-state index contributed by atoms with van der Waals surface area (Å²) >= 11 is 1.14. The maximum absolute atomic E-state index is 11.6. The van der Waals surface area contributed by atoms with Crippen molar-refractivity contribution in [1.29, 1.82) is 0 Å². The molecule has 6 nitrogen and oxygen atoms in total. The number of hydrogen-bond acceptors (Lipinski definition) is 5. The number of para-hydroxylation sites is 1. The summed E-state index contributed by atoms with van der Waals surface area (Å²) in [6.45, 7) is 0. The molecule has 0 unspecified atom stereocenters. The lowest BCUT2D eigenvalue weighted by atomic mass is 10.3. The van der Waals surface area contributed by atoms with Crippen molar-refractivity contribution >= 4 is 34.6 Å². The fourth-order valence-electron chi connectivity index (χ4n) is 1.28. The molecule has 0 radical (unpaired) electrons. The number of carbonyl (C=O) groups excluding carboxylic acids is 1. The van der Waals surface area contributed by atoms with Gasteiger partial charge in [-0.1, -0.05) is 29.5 Å². The molecular formula is C13H10N2O4S. The van der Waals surface area contributed by atoms with Crippen molar-refractivity contribution in [3.05, 3.63) is 47.5 Å². The summed E-state index contributed by atoms with van der Waals surface area (Å²) in [5, 5.41) is 11.3. The molecule has 0 atom stereocenters. The number of nitrogens with one attached hydrogen (secondary N) is 1. The van der Waals surface area contributed by atoms with Crippen molar-refractivity contribution in [2.45, 2.75) is 0 Å². The van der Waals surface area contributed by atoms with Crippen LogP contribution in [0.3, 0.4) is 0 Å². The maximum atomic E-state index is 11.6. The van der Waals surface area contributed by atoms with Gasteiger partial charge in [-0.2, -0.15) is 0 Å². The first-order valence-corrected chi connectivity index (χ1v) is 6.36. The van der Waals surface area contributed by atoms with Crippen LogP contribution in [0, 0.1) is 0 Å². The molecule has 0 saturated carbocycles. The van der Waals surface area contributed by atoms with E-state index in [4.69, 9.17) is 9.84 Å². The first kappa shape index (κ1) is 13.8. The van der Waals surface area contributed by atoms with Gasteiger partial charge in [0.15, 0.2) is 5.13 Å². The quantitative estimate of drug-likeness (QED) is 0.845. The summed E-state index contributed by atoms with van der Waals surface area (Å²) in [6, 6.07) is 8.62. The second-order valence-electron chi connectivity index (χ2n) is 3.57. The number of amides is 1. The molecule has 0 aliphatic heterocycles. The second kappa shape index (κ2) is 6.48. The first-order chi connectivity index (χ1) is 9.63. The van der Waals surface area contributed by atoms with Gasteiger partial charge in [-0.05, 0) is 18.2 Å². The number of hydrogen-bond donors (Lipinski definition) is 2. The molecule has 0 bridgehead atoms. The molecular weight excluding hydrogens is 280 g/mol. The summed E-state index contributed by atoms with van der Waals surface area (Å²) in [7, 11) is 0. The lowest BCUT2D eigenvalue weighted by molar-refractivity contribution is -0.131. The maximum Gasteiger partial charge on any atom is 0.418 e. The summed E-state index contributed by atoms with van der Waals surface area (Å²) < 4.78 is 5.03. The number of nitrogens with zero attached hydrogens (tertiary/aromatic N) is 1. The molecule has 1 aromatic carbocycles. The third-order valence-corrected chi connectivity index (χ3v) is 2.95. The van der Waals surface area contributed by atoms with E-state index in [0.717, 1.165) is 17.4 Å². The Kier molecular flexibility index (Phi) is 4.46. The Bertz CT molecular complexity index is 637. The summed E-state index contributed by atoms with van der Waals surface area (Å²) in [5.41, 5.74) is 0. The molecule has 20 heavy (non-hydrogen) atoms. The molecule has 0 fully saturated rings. The molecule has 0 spiro atoms. The van der Waals surface area contributed by atoms with Gasteiger partial charge in [0, 0.05) is 17.2 Å². The molecule has 1 amide bonds. The number of carboxylic acid groups (broad SMARTS) is 1. The highest BCUT2D eigenvalue weighted by Gasteiger charge is 2.07. The summed E-state index contributed by atoms with van der Waals surface area (Å²) in [5.74, 6) is -0.621. The van der Waals surface area contributed by atoms with Crippen LogP contribution < -0.4 is 10.1 Å². The van der Waals surface area contributed by atoms with Gasteiger partial charge >= 0.3 is 12.1 Å². The zero-order valence-corrected chi connectivity index (χ0v) is 11.0. The Balaban J connectivity index is 1.93. The number of carbonyl (C=O) groups is 2. The van der Waals surface area contributed by atoms with Crippen LogP contribution in [0.5, 0.6) is 5.75 Å². The number of carboxylic acids is 1. The third-order valence-electron chi connectivity index (χ3n) is 2.08. The standard InChI is InChI=1S/C13H10N2O4S/c16-11(17)7-6-10-8-14-12(20-10)15-13(18)19-9-4-2-1-3-5-9/h1-8H,(H,16,17)(H,14,15,18). The molecule has 102 valence electrons. The number of ether oxygens (including phenoxy) is 1. The second-order valence-corrected chi connectivity index (χ2v) is 4.63. The molecule has 1 aromatic heterocycles. The van der Waals surface area contributed by atoms with Crippen LogP contribution in [-0.4, -0.2) is 22.2 Å². The van der Waals surface area contributed by atoms with E-state index in [-0.39, 0.29) is 0 Å². The predicted octanol–water partition coefficient (Wildman–Crippen LogP) is 2.85. The molecule has 0 aliphatic rings. The van der Waals surface area contributed by atoms with Crippen LogP contribution in [0.1, 0.15) is 4.88 Å². The zero-order chi connectivity index (χ0) is 14.4. The Morgan fingerprint density at radius 3 is 2.75 bits per heavy atom. The number of thiazole rings is 1. The molecule has 0 aliphatic carbocycles. The fourth-order valence-corrected chi connectivity index (χ4v) is 1.99. The van der Waals surface area contributed by atoms with Crippen molar-refractivity contribution in [2.75, 3.05) is 5.32 Å². The Morgan fingerprint density at radius 1 is 1.30 bits per heavy atom. The van der Waals surface area contributed by atoms with Crippen molar-refractivity contribution < 1.29 is 19.4 Å². The molecule has 2 rings (SSSR count). The van der Waals surface area contributed by atoms with Crippen LogP contribution in [0.4, 0.5) is 9.93 Å². The summed E-state index contributed by atoms with van der Waals surface area (Å²) in [4.78, 5) is 26.5. The Hall–Kier alpha value is -2.67. The van der Waals surface area contributed by atoms with E-state index in [1.54, 1.807) is 24.3 Å².